The van der Waals surface area contributed by atoms with Crippen LogP contribution in [0.4, 0.5) is 13.2 Å². The third-order valence-corrected chi connectivity index (χ3v) is 6.66. The van der Waals surface area contributed by atoms with Crippen molar-refractivity contribution in [3.05, 3.63) is 99.4 Å². The molecule has 35 heavy (non-hydrogen) atoms. The standard InChI is InChI=1S/C26H22F3N3O3/c1-14-22(25(33)31-24(15-4-2-5-15)16-10-17(27)12-18(28)11-16)19-6-3-7-20(29)23(19)26(34)32(14)13-21-30-8-9-35-21/h3,6-12,15,24H,2,4-5,13H2,1H3,(H,31,33). The molecule has 0 saturated heterocycles. The minimum atomic E-state index is -0.759. The van der Waals surface area contributed by atoms with Crippen molar-refractivity contribution in [1.82, 2.24) is 14.9 Å². The van der Waals surface area contributed by atoms with Crippen molar-refractivity contribution in [2.75, 3.05) is 0 Å². The maximum absolute atomic E-state index is 14.8. The lowest BCUT2D eigenvalue weighted by Crippen LogP contribution is -2.38. The first-order valence-electron chi connectivity index (χ1n) is 11.3. The molecule has 2 aromatic heterocycles. The van der Waals surface area contributed by atoms with E-state index in [1.54, 1.807) is 6.92 Å². The number of benzene rings is 2. The van der Waals surface area contributed by atoms with E-state index in [0.717, 1.165) is 31.4 Å². The highest BCUT2D eigenvalue weighted by atomic mass is 19.1. The van der Waals surface area contributed by atoms with Gasteiger partial charge in [0.15, 0.2) is 0 Å². The predicted molar refractivity (Wildman–Crippen MR) is 122 cm³/mol. The number of halogens is 3. The summed E-state index contributed by atoms with van der Waals surface area (Å²) in [6, 6.07) is 6.65. The largest absolute Gasteiger partial charge is 0.447 e. The maximum Gasteiger partial charge on any atom is 0.262 e. The lowest BCUT2D eigenvalue weighted by molar-refractivity contribution is 0.0900. The van der Waals surface area contributed by atoms with E-state index in [1.807, 2.05) is 0 Å². The number of aromatic nitrogens is 2. The highest BCUT2D eigenvalue weighted by Gasteiger charge is 2.32. The average Bonchev–Trinajstić information content (AvgIpc) is 3.27. The van der Waals surface area contributed by atoms with Gasteiger partial charge in [0.2, 0.25) is 5.89 Å². The van der Waals surface area contributed by atoms with Crippen LogP contribution >= 0.6 is 0 Å². The van der Waals surface area contributed by atoms with E-state index < -0.39 is 35.0 Å². The van der Waals surface area contributed by atoms with Crippen molar-refractivity contribution in [3.63, 3.8) is 0 Å². The van der Waals surface area contributed by atoms with Gasteiger partial charge in [-0.15, -0.1) is 0 Å². The van der Waals surface area contributed by atoms with Crippen LogP contribution in [-0.4, -0.2) is 15.5 Å². The third kappa shape index (κ3) is 4.22. The molecule has 2 heterocycles. The number of fused-ring (bicyclic) bond motifs is 1. The Morgan fingerprint density at radius 1 is 1.20 bits per heavy atom. The molecule has 4 aromatic rings. The Hall–Kier alpha value is -3.88. The molecule has 180 valence electrons. The van der Waals surface area contributed by atoms with Crippen molar-refractivity contribution in [2.45, 2.75) is 38.8 Å². The van der Waals surface area contributed by atoms with Crippen LogP contribution in [-0.2, 0) is 6.54 Å². The quantitative estimate of drug-likeness (QED) is 0.419. The Labute approximate surface area is 198 Å². The topological polar surface area (TPSA) is 77.1 Å². The highest BCUT2D eigenvalue weighted by molar-refractivity contribution is 6.08. The van der Waals surface area contributed by atoms with Crippen LogP contribution in [0.5, 0.6) is 0 Å². The van der Waals surface area contributed by atoms with Crippen molar-refractivity contribution in [1.29, 1.82) is 0 Å². The van der Waals surface area contributed by atoms with E-state index in [-0.39, 0.29) is 34.7 Å². The van der Waals surface area contributed by atoms with Crippen molar-refractivity contribution >= 4 is 16.7 Å². The summed E-state index contributed by atoms with van der Waals surface area (Å²) >= 11 is 0. The van der Waals surface area contributed by atoms with Crippen LogP contribution in [0, 0.1) is 30.3 Å². The van der Waals surface area contributed by atoms with Gasteiger partial charge >= 0.3 is 0 Å². The van der Waals surface area contributed by atoms with Gasteiger partial charge in [0.25, 0.3) is 11.5 Å². The first kappa shape index (κ1) is 22.9. The molecule has 1 aliphatic rings. The number of amides is 1. The second-order valence-electron chi connectivity index (χ2n) is 8.78. The maximum atomic E-state index is 14.8. The lowest BCUT2D eigenvalue weighted by atomic mass is 9.77. The Bertz CT molecular complexity index is 1460. The van der Waals surface area contributed by atoms with E-state index in [0.29, 0.717) is 11.3 Å². The van der Waals surface area contributed by atoms with E-state index in [2.05, 4.69) is 10.3 Å². The van der Waals surface area contributed by atoms with Crippen LogP contribution in [0.1, 0.15) is 52.8 Å². The molecular weight excluding hydrogens is 459 g/mol. The van der Waals surface area contributed by atoms with Gasteiger partial charge in [0.05, 0.1) is 23.2 Å². The zero-order chi connectivity index (χ0) is 24.7. The summed E-state index contributed by atoms with van der Waals surface area (Å²) in [5, 5.41) is 2.84. The number of hydrogen-bond acceptors (Lipinski definition) is 4. The highest BCUT2D eigenvalue weighted by Crippen LogP contribution is 2.38. The smallest absolute Gasteiger partial charge is 0.262 e. The molecule has 0 spiro atoms. The molecule has 1 saturated carbocycles. The molecule has 2 aromatic carbocycles. The summed E-state index contributed by atoms with van der Waals surface area (Å²) in [5.74, 6) is -2.57. The number of carbonyl (C=O) groups is 1. The summed E-state index contributed by atoms with van der Waals surface area (Å²) in [5.41, 5.74) is 0.100. The van der Waals surface area contributed by atoms with Crippen molar-refractivity contribution in [2.24, 2.45) is 5.92 Å². The minimum Gasteiger partial charge on any atom is -0.447 e. The van der Waals surface area contributed by atoms with Crippen LogP contribution in [0.15, 0.2) is 58.1 Å². The number of pyridine rings is 1. The third-order valence-electron chi connectivity index (χ3n) is 6.66. The molecule has 1 aliphatic carbocycles. The van der Waals surface area contributed by atoms with Crippen LogP contribution in [0.2, 0.25) is 0 Å². The number of hydrogen-bond donors (Lipinski definition) is 1. The van der Waals surface area contributed by atoms with Gasteiger partial charge < -0.3 is 14.3 Å². The fourth-order valence-electron chi connectivity index (χ4n) is 4.72. The van der Waals surface area contributed by atoms with Crippen molar-refractivity contribution < 1.29 is 22.4 Å². The molecule has 1 atom stereocenters. The van der Waals surface area contributed by atoms with E-state index in [1.165, 1.54) is 41.3 Å². The summed E-state index contributed by atoms with van der Waals surface area (Å²) in [4.78, 5) is 30.9. The van der Waals surface area contributed by atoms with E-state index in [9.17, 15) is 22.8 Å². The SMILES string of the molecule is Cc1c(C(=O)NC(c2cc(F)cc(F)c2)C2CCC2)c2cccc(F)c2c(=O)n1Cc1ncco1. The summed E-state index contributed by atoms with van der Waals surface area (Å²) in [6.45, 7) is 1.49. The number of nitrogens with one attached hydrogen (secondary N) is 1. The second-order valence-corrected chi connectivity index (χ2v) is 8.78. The normalized spacial score (nSPS) is 14.6. The number of rotatable bonds is 6. The molecule has 0 bridgehead atoms. The number of oxazole rings is 1. The molecule has 0 aliphatic heterocycles. The number of carbonyl (C=O) groups excluding carboxylic acids is 1. The summed E-state index contributed by atoms with van der Waals surface area (Å²) in [7, 11) is 0. The zero-order valence-electron chi connectivity index (χ0n) is 18.9. The van der Waals surface area contributed by atoms with Gasteiger partial charge in [0, 0.05) is 17.1 Å². The van der Waals surface area contributed by atoms with Gasteiger partial charge in [-0.3, -0.25) is 9.59 Å². The first-order chi connectivity index (χ1) is 16.8. The van der Waals surface area contributed by atoms with Gasteiger partial charge in [-0.1, -0.05) is 18.6 Å². The van der Waals surface area contributed by atoms with Gasteiger partial charge in [-0.25, -0.2) is 18.2 Å². The molecule has 1 amide bonds. The molecule has 1 N–H and O–H groups in total. The second kappa shape index (κ2) is 9.05. The fraction of sp³-hybridized carbons (Fsp3) is 0.269. The number of nitrogens with zero attached hydrogens (tertiary/aromatic N) is 2. The molecule has 1 unspecified atom stereocenters. The van der Waals surface area contributed by atoms with Crippen LogP contribution in [0.25, 0.3) is 10.8 Å². The predicted octanol–water partition coefficient (Wildman–Crippen LogP) is 5.03. The molecule has 9 heteroatoms. The van der Waals surface area contributed by atoms with Crippen LogP contribution in [0.3, 0.4) is 0 Å². The fourth-order valence-corrected chi connectivity index (χ4v) is 4.72. The van der Waals surface area contributed by atoms with E-state index in [4.69, 9.17) is 4.42 Å². The zero-order valence-corrected chi connectivity index (χ0v) is 18.9. The minimum absolute atomic E-state index is 0.00156. The molecule has 5 rings (SSSR count). The Balaban J connectivity index is 1.63. The van der Waals surface area contributed by atoms with Gasteiger partial charge in [0.1, 0.15) is 30.3 Å². The Kier molecular flexibility index (Phi) is 5.92. The summed E-state index contributed by atoms with van der Waals surface area (Å²) < 4.78 is 49.3. The monoisotopic (exact) mass is 481 g/mol. The Morgan fingerprint density at radius 3 is 2.57 bits per heavy atom. The lowest BCUT2D eigenvalue weighted by Gasteiger charge is -2.35. The van der Waals surface area contributed by atoms with Crippen LogP contribution < -0.4 is 10.9 Å². The Morgan fingerprint density at radius 2 is 1.94 bits per heavy atom. The average molecular weight is 481 g/mol. The summed E-state index contributed by atoms with van der Waals surface area (Å²) in [6.07, 6.45) is 5.31. The van der Waals surface area contributed by atoms with Gasteiger partial charge in [-0.2, -0.15) is 0 Å². The van der Waals surface area contributed by atoms with Gasteiger partial charge in [-0.05, 0) is 49.4 Å². The molecule has 1 fully saturated rings. The van der Waals surface area contributed by atoms with Crippen molar-refractivity contribution in [3.8, 4) is 0 Å². The molecule has 0 radical (unpaired) electrons. The molecule has 6 nitrogen and oxygen atoms in total. The first-order valence-corrected chi connectivity index (χ1v) is 11.3. The molecular formula is C26H22F3N3O3. The van der Waals surface area contributed by atoms with E-state index >= 15 is 0 Å².